The highest BCUT2D eigenvalue weighted by Gasteiger charge is 2.40. The van der Waals surface area contributed by atoms with Crippen molar-refractivity contribution in [1.82, 2.24) is 9.36 Å². The molecule has 1 aromatic heterocycles. The SMILES string of the molecule is CCCNc1nc(C2(OC)CCCC(C)C2)ns1. The van der Waals surface area contributed by atoms with E-state index in [1.807, 2.05) is 0 Å². The van der Waals surface area contributed by atoms with Gasteiger partial charge in [0.05, 0.1) is 0 Å². The van der Waals surface area contributed by atoms with Crippen molar-refractivity contribution in [3.63, 3.8) is 0 Å². The van der Waals surface area contributed by atoms with Crippen LogP contribution in [0.4, 0.5) is 5.13 Å². The van der Waals surface area contributed by atoms with E-state index in [0.29, 0.717) is 5.92 Å². The maximum Gasteiger partial charge on any atom is 0.202 e. The Bertz CT molecular complexity index is 382. The van der Waals surface area contributed by atoms with E-state index < -0.39 is 0 Å². The molecule has 1 aromatic rings. The Hall–Kier alpha value is -0.680. The molecule has 0 bridgehead atoms. The monoisotopic (exact) mass is 269 g/mol. The summed E-state index contributed by atoms with van der Waals surface area (Å²) in [6, 6.07) is 0. The maximum absolute atomic E-state index is 5.81. The fourth-order valence-electron chi connectivity index (χ4n) is 2.70. The molecule has 18 heavy (non-hydrogen) atoms. The average Bonchev–Trinajstić information content (AvgIpc) is 2.85. The summed E-state index contributed by atoms with van der Waals surface area (Å²) < 4.78 is 10.3. The first-order valence-electron chi connectivity index (χ1n) is 6.83. The molecule has 1 aliphatic carbocycles. The number of anilines is 1. The van der Waals surface area contributed by atoms with E-state index >= 15 is 0 Å². The number of rotatable bonds is 5. The van der Waals surface area contributed by atoms with Crippen LogP contribution in [0.3, 0.4) is 0 Å². The molecule has 1 fully saturated rings. The molecule has 2 atom stereocenters. The van der Waals surface area contributed by atoms with Gasteiger partial charge in [-0.05, 0) is 31.6 Å². The standard InChI is InChI=1S/C13H23N3OS/c1-4-8-14-12-15-11(16-18-12)13(17-3)7-5-6-10(2)9-13/h10H,4-9H2,1-3H3,(H,14,15,16). The molecule has 1 aliphatic rings. The minimum atomic E-state index is -0.250. The van der Waals surface area contributed by atoms with Crippen molar-refractivity contribution in [2.75, 3.05) is 19.0 Å². The second kappa shape index (κ2) is 5.97. The van der Waals surface area contributed by atoms with Crippen LogP contribution < -0.4 is 5.32 Å². The van der Waals surface area contributed by atoms with Crippen molar-refractivity contribution in [1.29, 1.82) is 0 Å². The van der Waals surface area contributed by atoms with Crippen molar-refractivity contribution in [3.8, 4) is 0 Å². The van der Waals surface area contributed by atoms with Gasteiger partial charge in [-0.2, -0.15) is 4.37 Å². The lowest BCUT2D eigenvalue weighted by atomic mass is 9.78. The Morgan fingerprint density at radius 3 is 3.06 bits per heavy atom. The van der Waals surface area contributed by atoms with Crippen LogP contribution in [-0.2, 0) is 10.3 Å². The summed E-state index contributed by atoms with van der Waals surface area (Å²) in [5.41, 5.74) is -0.250. The van der Waals surface area contributed by atoms with Crippen LogP contribution in [0.1, 0.15) is 51.8 Å². The topological polar surface area (TPSA) is 47.0 Å². The third-order valence-corrected chi connectivity index (χ3v) is 4.38. The van der Waals surface area contributed by atoms with Crippen LogP contribution in [0.5, 0.6) is 0 Å². The first-order valence-corrected chi connectivity index (χ1v) is 7.60. The second-order valence-corrected chi connectivity index (χ2v) is 6.00. The van der Waals surface area contributed by atoms with Gasteiger partial charge in [0.25, 0.3) is 0 Å². The molecular formula is C13H23N3OS. The summed E-state index contributed by atoms with van der Waals surface area (Å²) in [5, 5.41) is 4.21. The highest BCUT2D eigenvalue weighted by Crippen LogP contribution is 2.41. The number of nitrogens with zero attached hydrogens (tertiary/aromatic N) is 2. The van der Waals surface area contributed by atoms with Crippen LogP contribution in [0.15, 0.2) is 0 Å². The Morgan fingerprint density at radius 2 is 2.39 bits per heavy atom. The van der Waals surface area contributed by atoms with Crippen LogP contribution in [0.25, 0.3) is 0 Å². The molecule has 2 unspecified atom stereocenters. The van der Waals surface area contributed by atoms with Crippen molar-refractivity contribution < 1.29 is 4.74 Å². The highest BCUT2D eigenvalue weighted by molar-refractivity contribution is 7.09. The van der Waals surface area contributed by atoms with Crippen LogP contribution in [-0.4, -0.2) is 23.0 Å². The van der Waals surface area contributed by atoms with E-state index in [0.717, 1.165) is 36.8 Å². The van der Waals surface area contributed by atoms with E-state index in [9.17, 15) is 0 Å². The number of hydrogen-bond acceptors (Lipinski definition) is 5. The van der Waals surface area contributed by atoms with Crippen molar-refractivity contribution >= 4 is 16.7 Å². The Morgan fingerprint density at radius 1 is 1.56 bits per heavy atom. The average molecular weight is 269 g/mol. The highest BCUT2D eigenvalue weighted by atomic mass is 32.1. The normalized spacial score (nSPS) is 28.3. The predicted molar refractivity (Wildman–Crippen MR) is 75.0 cm³/mol. The lowest BCUT2D eigenvalue weighted by molar-refractivity contribution is -0.0637. The Labute approximate surface area is 113 Å². The lowest BCUT2D eigenvalue weighted by Gasteiger charge is -2.36. The largest absolute Gasteiger partial charge is 0.370 e. The molecule has 0 aliphatic heterocycles. The van der Waals surface area contributed by atoms with Crippen LogP contribution >= 0.6 is 11.5 Å². The van der Waals surface area contributed by atoms with Crippen molar-refractivity contribution in [3.05, 3.63) is 5.82 Å². The molecule has 2 rings (SSSR count). The molecule has 0 amide bonds. The maximum atomic E-state index is 5.81. The lowest BCUT2D eigenvalue weighted by Crippen LogP contribution is -2.35. The predicted octanol–water partition coefficient (Wildman–Crippen LogP) is 3.41. The van der Waals surface area contributed by atoms with Crippen molar-refractivity contribution in [2.24, 2.45) is 5.92 Å². The van der Waals surface area contributed by atoms with Gasteiger partial charge in [-0.1, -0.05) is 20.3 Å². The summed E-state index contributed by atoms with van der Waals surface area (Å²) >= 11 is 1.45. The molecule has 102 valence electrons. The van der Waals surface area contributed by atoms with E-state index in [4.69, 9.17) is 4.74 Å². The zero-order chi connectivity index (χ0) is 13.0. The Kier molecular flexibility index (Phi) is 4.56. The van der Waals surface area contributed by atoms with Gasteiger partial charge in [-0.3, -0.25) is 0 Å². The van der Waals surface area contributed by atoms with E-state index in [1.165, 1.54) is 24.4 Å². The summed E-state index contributed by atoms with van der Waals surface area (Å²) in [6.07, 6.45) is 5.66. The van der Waals surface area contributed by atoms with Crippen LogP contribution in [0, 0.1) is 5.92 Å². The summed E-state index contributed by atoms with van der Waals surface area (Å²) in [4.78, 5) is 4.62. The molecule has 0 aromatic carbocycles. The van der Waals surface area contributed by atoms with Gasteiger partial charge in [0, 0.05) is 25.2 Å². The Balaban J connectivity index is 2.13. The molecule has 1 N–H and O–H groups in total. The van der Waals surface area contributed by atoms with Gasteiger partial charge in [0.15, 0.2) is 5.82 Å². The summed E-state index contributed by atoms with van der Waals surface area (Å²) in [7, 11) is 1.79. The minimum Gasteiger partial charge on any atom is -0.370 e. The van der Waals surface area contributed by atoms with Gasteiger partial charge in [-0.15, -0.1) is 0 Å². The number of hydrogen-bond donors (Lipinski definition) is 1. The minimum absolute atomic E-state index is 0.250. The van der Waals surface area contributed by atoms with E-state index in [2.05, 4.69) is 28.5 Å². The van der Waals surface area contributed by atoms with E-state index in [1.54, 1.807) is 7.11 Å². The molecular weight excluding hydrogens is 246 g/mol. The third kappa shape index (κ3) is 2.83. The smallest absolute Gasteiger partial charge is 0.202 e. The fraction of sp³-hybridized carbons (Fsp3) is 0.846. The van der Waals surface area contributed by atoms with Gasteiger partial charge >= 0.3 is 0 Å². The molecule has 5 heteroatoms. The first kappa shape index (κ1) is 13.7. The van der Waals surface area contributed by atoms with Gasteiger partial charge in [-0.25, -0.2) is 4.98 Å². The molecule has 0 spiro atoms. The van der Waals surface area contributed by atoms with E-state index in [-0.39, 0.29) is 5.60 Å². The molecule has 4 nitrogen and oxygen atoms in total. The van der Waals surface area contributed by atoms with Gasteiger partial charge in [0.2, 0.25) is 5.13 Å². The van der Waals surface area contributed by atoms with Gasteiger partial charge < -0.3 is 10.1 Å². The fourth-order valence-corrected chi connectivity index (χ4v) is 3.37. The number of aromatic nitrogens is 2. The van der Waals surface area contributed by atoms with Crippen molar-refractivity contribution in [2.45, 2.75) is 51.6 Å². The quantitative estimate of drug-likeness (QED) is 0.890. The molecule has 0 saturated heterocycles. The molecule has 1 saturated carbocycles. The number of nitrogens with one attached hydrogen (secondary N) is 1. The number of ether oxygens (including phenoxy) is 1. The molecule has 1 heterocycles. The summed E-state index contributed by atoms with van der Waals surface area (Å²) in [6.45, 7) is 5.38. The number of methoxy groups -OCH3 is 1. The molecule has 0 radical (unpaired) electrons. The summed E-state index contributed by atoms with van der Waals surface area (Å²) in [5.74, 6) is 1.56. The first-order chi connectivity index (χ1) is 8.70. The zero-order valence-electron chi connectivity index (χ0n) is 11.5. The van der Waals surface area contributed by atoms with Gasteiger partial charge in [0.1, 0.15) is 5.60 Å². The second-order valence-electron chi connectivity index (χ2n) is 5.25. The zero-order valence-corrected chi connectivity index (χ0v) is 12.3. The third-order valence-electron chi connectivity index (χ3n) is 3.71. The van der Waals surface area contributed by atoms with Crippen LogP contribution in [0.2, 0.25) is 0 Å².